The van der Waals surface area contributed by atoms with Crippen molar-refractivity contribution in [2.45, 2.75) is 13.8 Å². The summed E-state index contributed by atoms with van der Waals surface area (Å²) in [6.45, 7) is 3.03. The molecule has 0 unspecified atom stereocenters. The maximum absolute atomic E-state index is 12.0. The van der Waals surface area contributed by atoms with Crippen LogP contribution in [0.1, 0.15) is 27.0 Å². The summed E-state index contributed by atoms with van der Waals surface area (Å²) in [5.41, 5.74) is 2.33. The summed E-state index contributed by atoms with van der Waals surface area (Å²) in [5, 5.41) is 10.9. The summed E-state index contributed by atoms with van der Waals surface area (Å²) in [7, 11) is 0. The van der Waals surface area contributed by atoms with E-state index >= 15 is 0 Å². The highest BCUT2D eigenvalue weighted by Crippen LogP contribution is 2.19. The van der Waals surface area contributed by atoms with E-state index in [0.29, 0.717) is 5.56 Å². The molecule has 2 aromatic rings. The molecular formula is C19H17NO5. The molecule has 0 heterocycles. The molecule has 2 rings (SSSR count). The van der Waals surface area contributed by atoms with Crippen molar-refractivity contribution in [2.24, 2.45) is 0 Å². The van der Waals surface area contributed by atoms with Crippen LogP contribution in [0.25, 0.3) is 6.08 Å². The summed E-state index contributed by atoms with van der Waals surface area (Å²) < 4.78 is 4.91. The number of nitrogens with zero attached hydrogens (tertiary/aromatic N) is 1. The first-order valence-corrected chi connectivity index (χ1v) is 7.57. The Morgan fingerprint density at radius 2 is 1.84 bits per heavy atom. The fourth-order valence-electron chi connectivity index (χ4n) is 2.18. The molecule has 2 aromatic carbocycles. The van der Waals surface area contributed by atoms with Gasteiger partial charge in [0.15, 0.2) is 6.61 Å². The largest absolute Gasteiger partial charge is 0.454 e. The number of esters is 1. The van der Waals surface area contributed by atoms with Crippen molar-refractivity contribution in [2.75, 3.05) is 6.61 Å². The van der Waals surface area contributed by atoms with Crippen molar-refractivity contribution in [1.29, 1.82) is 0 Å². The van der Waals surface area contributed by atoms with Crippen LogP contribution in [0.15, 0.2) is 48.5 Å². The van der Waals surface area contributed by atoms with Crippen LogP contribution in [0.3, 0.4) is 0 Å². The van der Waals surface area contributed by atoms with E-state index in [0.717, 1.165) is 11.1 Å². The molecule has 0 fully saturated rings. The molecule has 0 saturated heterocycles. The van der Waals surface area contributed by atoms with E-state index in [1.807, 2.05) is 31.2 Å². The van der Waals surface area contributed by atoms with Gasteiger partial charge in [0.05, 0.1) is 4.92 Å². The molecule has 0 aliphatic heterocycles. The van der Waals surface area contributed by atoms with E-state index in [4.69, 9.17) is 4.74 Å². The number of nitro groups is 1. The Balaban J connectivity index is 1.98. The van der Waals surface area contributed by atoms with Gasteiger partial charge in [-0.2, -0.15) is 0 Å². The first kappa shape index (κ1) is 18.1. The van der Waals surface area contributed by atoms with Crippen LogP contribution in [-0.4, -0.2) is 23.3 Å². The summed E-state index contributed by atoms with van der Waals surface area (Å²) in [4.78, 5) is 34.1. The van der Waals surface area contributed by atoms with Crippen molar-refractivity contribution in [1.82, 2.24) is 0 Å². The Morgan fingerprint density at radius 1 is 1.12 bits per heavy atom. The molecule has 0 atom stereocenters. The Morgan fingerprint density at radius 3 is 2.52 bits per heavy atom. The lowest BCUT2D eigenvalue weighted by Crippen LogP contribution is -2.13. The van der Waals surface area contributed by atoms with Gasteiger partial charge in [-0.1, -0.05) is 36.4 Å². The van der Waals surface area contributed by atoms with Gasteiger partial charge in [0, 0.05) is 23.3 Å². The molecule has 0 saturated carbocycles. The van der Waals surface area contributed by atoms with Gasteiger partial charge >= 0.3 is 5.97 Å². The molecule has 0 N–H and O–H groups in total. The van der Waals surface area contributed by atoms with Crippen LogP contribution in [0.5, 0.6) is 0 Å². The van der Waals surface area contributed by atoms with Crippen molar-refractivity contribution >= 4 is 23.5 Å². The zero-order valence-electron chi connectivity index (χ0n) is 13.9. The van der Waals surface area contributed by atoms with Gasteiger partial charge in [0.2, 0.25) is 5.78 Å². The fourth-order valence-corrected chi connectivity index (χ4v) is 2.18. The summed E-state index contributed by atoms with van der Waals surface area (Å²) >= 11 is 0. The average molecular weight is 339 g/mol. The summed E-state index contributed by atoms with van der Waals surface area (Å²) in [6, 6.07) is 11.7. The molecule has 6 nitrogen and oxygen atoms in total. The van der Waals surface area contributed by atoms with Crippen LogP contribution >= 0.6 is 0 Å². The number of rotatable bonds is 6. The van der Waals surface area contributed by atoms with Gasteiger partial charge in [0.25, 0.3) is 5.69 Å². The zero-order chi connectivity index (χ0) is 18.4. The number of ketones is 1. The van der Waals surface area contributed by atoms with Crippen molar-refractivity contribution in [3.63, 3.8) is 0 Å². The second-order valence-electron chi connectivity index (χ2n) is 5.48. The van der Waals surface area contributed by atoms with Gasteiger partial charge in [-0.25, -0.2) is 4.79 Å². The number of carbonyl (C=O) groups is 2. The molecule has 0 radical (unpaired) electrons. The molecule has 128 valence electrons. The molecular weight excluding hydrogens is 322 g/mol. The van der Waals surface area contributed by atoms with Gasteiger partial charge in [-0.3, -0.25) is 14.9 Å². The molecule has 0 bridgehead atoms. The van der Waals surface area contributed by atoms with Crippen molar-refractivity contribution < 1.29 is 19.2 Å². The van der Waals surface area contributed by atoms with Crippen LogP contribution in [0.2, 0.25) is 0 Å². The second-order valence-corrected chi connectivity index (χ2v) is 5.48. The highest BCUT2D eigenvalue weighted by molar-refractivity contribution is 5.99. The molecule has 25 heavy (non-hydrogen) atoms. The van der Waals surface area contributed by atoms with Crippen LogP contribution in [0, 0.1) is 24.0 Å². The minimum atomic E-state index is -0.654. The van der Waals surface area contributed by atoms with Crippen LogP contribution in [0.4, 0.5) is 5.69 Å². The predicted octanol–water partition coefficient (Wildman–Crippen LogP) is 3.65. The lowest BCUT2D eigenvalue weighted by Gasteiger charge is -2.04. The molecule has 0 spiro atoms. The van der Waals surface area contributed by atoms with E-state index in [2.05, 4.69) is 0 Å². The number of carbonyl (C=O) groups excluding carboxylic acids is 2. The van der Waals surface area contributed by atoms with Crippen LogP contribution < -0.4 is 0 Å². The molecule has 0 aromatic heterocycles. The number of hydrogen-bond donors (Lipinski definition) is 0. The third-order valence-electron chi connectivity index (χ3n) is 3.66. The number of benzene rings is 2. The summed E-state index contributed by atoms with van der Waals surface area (Å²) in [5.74, 6) is -1.15. The third-order valence-corrected chi connectivity index (χ3v) is 3.66. The molecule has 6 heteroatoms. The lowest BCUT2D eigenvalue weighted by molar-refractivity contribution is -0.385. The Bertz CT molecular complexity index is 855. The van der Waals surface area contributed by atoms with Gasteiger partial charge < -0.3 is 4.74 Å². The monoisotopic (exact) mass is 339 g/mol. The van der Waals surface area contributed by atoms with Gasteiger partial charge in [-0.05, 0) is 31.1 Å². The van der Waals surface area contributed by atoms with Crippen molar-refractivity contribution in [3.05, 3.63) is 80.9 Å². The maximum atomic E-state index is 12.0. The highest BCUT2D eigenvalue weighted by atomic mass is 16.6. The Kier molecular flexibility index (Phi) is 5.79. The smallest absolute Gasteiger partial charge is 0.331 e. The second kappa shape index (κ2) is 8.01. The highest BCUT2D eigenvalue weighted by Gasteiger charge is 2.15. The number of Topliss-reactive ketones (excluding diaryl/α,β-unsaturated/α-hetero) is 1. The zero-order valence-corrected chi connectivity index (χ0v) is 13.9. The number of ether oxygens (including phenoxy) is 1. The predicted molar refractivity (Wildman–Crippen MR) is 93.3 cm³/mol. The first-order valence-electron chi connectivity index (χ1n) is 7.57. The number of nitro benzene ring substituents is 1. The van der Waals surface area contributed by atoms with E-state index in [9.17, 15) is 19.7 Å². The van der Waals surface area contributed by atoms with E-state index in [1.165, 1.54) is 24.3 Å². The SMILES string of the molecule is Cc1ccccc1/C=C/C(=O)OCC(=O)c1ccc(C)c([N+](=O)[O-])c1. The fraction of sp³-hybridized carbons (Fsp3) is 0.158. The Hall–Kier alpha value is -3.28. The maximum Gasteiger partial charge on any atom is 0.331 e. The van der Waals surface area contributed by atoms with Crippen LogP contribution in [-0.2, 0) is 9.53 Å². The molecule has 0 aliphatic rings. The summed E-state index contributed by atoms with van der Waals surface area (Å²) in [6.07, 6.45) is 2.85. The Labute approximate surface area is 144 Å². The third kappa shape index (κ3) is 4.84. The number of aryl methyl sites for hydroxylation is 2. The van der Waals surface area contributed by atoms with Crippen molar-refractivity contribution in [3.8, 4) is 0 Å². The van der Waals surface area contributed by atoms with Gasteiger partial charge in [0.1, 0.15) is 0 Å². The molecule has 0 aliphatic carbocycles. The quantitative estimate of drug-likeness (QED) is 0.264. The normalized spacial score (nSPS) is 10.6. The van der Waals surface area contributed by atoms with E-state index in [1.54, 1.807) is 13.0 Å². The minimum absolute atomic E-state index is 0.132. The standard InChI is InChI=1S/C19H17NO5/c1-13-5-3-4-6-15(13)9-10-19(22)25-12-18(21)16-8-7-14(2)17(11-16)20(23)24/h3-11H,12H2,1-2H3/b10-9+. The van der Waals surface area contributed by atoms with E-state index < -0.39 is 23.3 Å². The van der Waals surface area contributed by atoms with E-state index in [-0.39, 0.29) is 11.3 Å². The molecule has 0 amide bonds. The van der Waals surface area contributed by atoms with Gasteiger partial charge in [-0.15, -0.1) is 0 Å². The first-order chi connectivity index (χ1) is 11.9. The lowest BCUT2D eigenvalue weighted by atomic mass is 10.1. The minimum Gasteiger partial charge on any atom is -0.454 e. The number of hydrogen-bond acceptors (Lipinski definition) is 5. The average Bonchev–Trinajstić information content (AvgIpc) is 2.59. The topological polar surface area (TPSA) is 86.5 Å².